The van der Waals surface area contributed by atoms with Crippen molar-refractivity contribution in [3.63, 3.8) is 0 Å². The van der Waals surface area contributed by atoms with Crippen LogP contribution in [0.25, 0.3) is 11.1 Å². The van der Waals surface area contributed by atoms with Gasteiger partial charge in [0.1, 0.15) is 0 Å². The topological polar surface area (TPSA) is 26.0 Å². The first kappa shape index (κ1) is 10.1. The van der Waals surface area contributed by atoms with Crippen LogP contribution in [-0.2, 0) is 0 Å². The Labute approximate surface area is 94.5 Å². The summed E-state index contributed by atoms with van der Waals surface area (Å²) in [6.45, 7) is 2.07. The fourth-order valence-electron chi connectivity index (χ4n) is 1.61. The van der Waals surface area contributed by atoms with Crippen molar-refractivity contribution in [2.45, 2.75) is 6.92 Å². The Bertz CT molecular complexity index is 492. The fraction of sp³-hybridized carbons (Fsp3) is 0.0769. The average Bonchev–Trinajstić information content (AvgIpc) is 2.22. The maximum absolute atomic E-state index is 5.96. The molecule has 0 aliphatic heterocycles. The maximum atomic E-state index is 5.96. The molecule has 0 bridgehead atoms. The van der Waals surface area contributed by atoms with Crippen LogP contribution in [0.5, 0.6) is 0 Å². The third-order valence-corrected chi connectivity index (χ3v) is 2.63. The van der Waals surface area contributed by atoms with Gasteiger partial charge in [0.15, 0.2) is 0 Å². The summed E-state index contributed by atoms with van der Waals surface area (Å²) in [6.07, 6.45) is 0. The molecule has 76 valence electrons. The molecule has 2 aromatic carbocycles. The summed E-state index contributed by atoms with van der Waals surface area (Å²) in [6, 6.07) is 13.7. The van der Waals surface area contributed by atoms with Gasteiger partial charge in [0.2, 0.25) is 0 Å². The number of nitrogens with two attached hydrogens (primary N) is 1. The van der Waals surface area contributed by atoms with Crippen molar-refractivity contribution in [1.29, 1.82) is 0 Å². The molecule has 0 spiro atoms. The Hall–Kier alpha value is -1.47. The lowest BCUT2D eigenvalue weighted by Gasteiger charge is -2.07. The normalized spacial score (nSPS) is 10.3. The highest BCUT2D eigenvalue weighted by Gasteiger charge is 2.02. The van der Waals surface area contributed by atoms with E-state index in [4.69, 9.17) is 17.3 Å². The van der Waals surface area contributed by atoms with Gasteiger partial charge in [0.25, 0.3) is 0 Å². The zero-order valence-electron chi connectivity index (χ0n) is 8.50. The molecule has 0 saturated carbocycles. The van der Waals surface area contributed by atoms with E-state index >= 15 is 0 Å². The standard InChI is InChI=1S/C13H12ClN/c1-9-5-6-12(15)8-13(9)10-3-2-4-11(14)7-10/h2-8H,15H2,1H3. The van der Waals surface area contributed by atoms with Crippen molar-refractivity contribution in [2.24, 2.45) is 0 Å². The van der Waals surface area contributed by atoms with Crippen LogP contribution in [0.1, 0.15) is 5.56 Å². The SMILES string of the molecule is Cc1ccc(N)cc1-c1cccc(Cl)c1. The maximum Gasteiger partial charge on any atom is 0.0412 e. The van der Waals surface area contributed by atoms with Crippen molar-refractivity contribution < 1.29 is 0 Å². The number of hydrogen-bond donors (Lipinski definition) is 1. The van der Waals surface area contributed by atoms with E-state index < -0.39 is 0 Å². The third-order valence-electron chi connectivity index (χ3n) is 2.40. The molecule has 0 saturated heterocycles. The van der Waals surface area contributed by atoms with Crippen LogP contribution >= 0.6 is 11.6 Å². The minimum Gasteiger partial charge on any atom is -0.399 e. The van der Waals surface area contributed by atoms with Crippen LogP contribution in [0.4, 0.5) is 5.69 Å². The van der Waals surface area contributed by atoms with E-state index in [9.17, 15) is 0 Å². The van der Waals surface area contributed by atoms with E-state index in [0.29, 0.717) is 0 Å². The molecule has 0 unspecified atom stereocenters. The van der Waals surface area contributed by atoms with E-state index in [1.165, 1.54) is 5.56 Å². The number of halogens is 1. The van der Waals surface area contributed by atoms with Crippen LogP contribution in [0.15, 0.2) is 42.5 Å². The van der Waals surface area contributed by atoms with Gasteiger partial charge in [-0.3, -0.25) is 0 Å². The molecule has 15 heavy (non-hydrogen) atoms. The number of rotatable bonds is 1. The third kappa shape index (κ3) is 2.13. The Balaban J connectivity index is 2.58. The zero-order chi connectivity index (χ0) is 10.8. The largest absolute Gasteiger partial charge is 0.399 e. The lowest BCUT2D eigenvalue weighted by molar-refractivity contribution is 1.46. The Morgan fingerprint density at radius 2 is 1.87 bits per heavy atom. The van der Waals surface area contributed by atoms with Crippen LogP contribution in [0, 0.1) is 6.92 Å². The number of nitrogen functional groups attached to an aromatic ring is 1. The summed E-state index contributed by atoms with van der Waals surface area (Å²) in [5.74, 6) is 0. The van der Waals surface area contributed by atoms with Gasteiger partial charge in [0.05, 0.1) is 0 Å². The van der Waals surface area contributed by atoms with Crippen LogP contribution < -0.4 is 5.73 Å². The first-order valence-electron chi connectivity index (χ1n) is 4.79. The molecule has 2 heteroatoms. The summed E-state index contributed by atoms with van der Waals surface area (Å²) >= 11 is 5.96. The predicted molar refractivity (Wildman–Crippen MR) is 66.0 cm³/mol. The molecule has 2 aromatic rings. The van der Waals surface area contributed by atoms with Crippen molar-refractivity contribution in [1.82, 2.24) is 0 Å². The molecule has 0 aliphatic carbocycles. The van der Waals surface area contributed by atoms with Gasteiger partial charge in [-0.25, -0.2) is 0 Å². The summed E-state index contributed by atoms with van der Waals surface area (Å²) < 4.78 is 0. The van der Waals surface area contributed by atoms with Gasteiger partial charge >= 0.3 is 0 Å². The minimum absolute atomic E-state index is 0.745. The van der Waals surface area contributed by atoms with Crippen molar-refractivity contribution in [2.75, 3.05) is 5.73 Å². The quantitative estimate of drug-likeness (QED) is 0.721. The number of benzene rings is 2. The second-order valence-corrected chi connectivity index (χ2v) is 4.02. The van der Waals surface area contributed by atoms with Crippen LogP contribution in [-0.4, -0.2) is 0 Å². The lowest BCUT2D eigenvalue weighted by Crippen LogP contribution is -1.88. The van der Waals surface area contributed by atoms with Crippen LogP contribution in [0.3, 0.4) is 0 Å². The number of aryl methyl sites for hydroxylation is 1. The molecule has 2 rings (SSSR count). The molecule has 0 aromatic heterocycles. The van der Waals surface area contributed by atoms with Gasteiger partial charge in [0, 0.05) is 10.7 Å². The molecule has 0 amide bonds. The van der Waals surface area contributed by atoms with Gasteiger partial charge in [-0.2, -0.15) is 0 Å². The minimum atomic E-state index is 0.745. The average molecular weight is 218 g/mol. The summed E-state index contributed by atoms with van der Waals surface area (Å²) in [5.41, 5.74) is 9.98. The molecule has 0 aliphatic rings. The van der Waals surface area contributed by atoms with Crippen molar-refractivity contribution >= 4 is 17.3 Å². The zero-order valence-corrected chi connectivity index (χ0v) is 9.25. The molecular formula is C13H12ClN. The first-order valence-corrected chi connectivity index (χ1v) is 5.17. The second kappa shape index (κ2) is 3.95. The van der Waals surface area contributed by atoms with E-state index in [2.05, 4.69) is 6.92 Å². The molecule has 0 heterocycles. The Morgan fingerprint density at radius 3 is 2.60 bits per heavy atom. The van der Waals surface area contributed by atoms with Gasteiger partial charge < -0.3 is 5.73 Å². The molecule has 0 atom stereocenters. The predicted octanol–water partition coefficient (Wildman–Crippen LogP) is 3.90. The van der Waals surface area contributed by atoms with E-state index in [0.717, 1.165) is 21.8 Å². The Kier molecular flexibility index (Phi) is 2.65. The van der Waals surface area contributed by atoms with E-state index in [-0.39, 0.29) is 0 Å². The van der Waals surface area contributed by atoms with Gasteiger partial charge in [-0.1, -0.05) is 29.8 Å². The smallest absolute Gasteiger partial charge is 0.0412 e. The van der Waals surface area contributed by atoms with Crippen molar-refractivity contribution in [3.05, 3.63) is 53.1 Å². The molecule has 2 N–H and O–H groups in total. The highest BCUT2D eigenvalue weighted by atomic mass is 35.5. The highest BCUT2D eigenvalue weighted by Crippen LogP contribution is 2.27. The monoisotopic (exact) mass is 217 g/mol. The lowest BCUT2D eigenvalue weighted by atomic mass is 10.0. The summed E-state index contributed by atoms with van der Waals surface area (Å²) in [5, 5.41) is 0.745. The summed E-state index contributed by atoms with van der Waals surface area (Å²) in [7, 11) is 0. The number of hydrogen-bond acceptors (Lipinski definition) is 1. The molecule has 0 radical (unpaired) electrons. The Morgan fingerprint density at radius 1 is 1.07 bits per heavy atom. The summed E-state index contributed by atoms with van der Waals surface area (Å²) in [4.78, 5) is 0. The number of anilines is 1. The molecule has 0 fully saturated rings. The fourth-order valence-corrected chi connectivity index (χ4v) is 1.80. The van der Waals surface area contributed by atoms with E-state index in [1.54, 1.807) is 0 Å². The first-order chi connectivity index (χ1) is 7.16. The van der Waals surface area contributed by atoms with Gasteiger partial charge in [-0.05, 0) is 47.9 Å². The molecular weight excluding hydrogens is 206 g/mol. The van der Waals surface area contributed by atoms with E-state index in [1.807, 2.05) is 42.5 Å². The highest BCUT2D eigenvalue weighted by molar-refractivity contribution is 6.30. The van der Waals surface area contributed by atoms with Gasteiger partial charge in [-0.15, -0.1) is 0 Å². The van der Waals surface area contributed by atoms with Crippen LogP contribution in [0.2, 0.25) is 5.02 Å². The molecule has 1 nitrogen and oxygen atoms in total. The van der Waals surface area contributed by atoms with Crippen molar-refractivity contribution in [3.8, 4) is 11.1 Å². The second-order valence-electron chi connectivity index (χ2n) is 3.58.